The van der Waals surface area contributed by atoms with Crippen molar-refractivity contribution < 1.29 is 8.42 Å². The Kier molecular flexibility index (Phi) is 5.60. The van der Waals surface area contributed by atoms with E-state index in [9.17, 15) is 8.42 Å². The molecule has 10 heteroatoms. The molecular formula is C20H20N6O2S2. The van der Waals surface area contributed by atoms with Crippen LogP contribution in [0.25, 0.3) is 10.9 Å². The molecule has 3 N–H and O–H groups in total. The standard InChI is InChI=1S/C20H20N6O2S2/c1-3-30(27,28)26-14-8-10-15(11-9-14)29-20-21-17-7-5-4-6-16(17)19(23-20)22-18-12-13(2)24-25-18/h4-12,26H,3H2,1-2H3,(H2,21,22,23,24,25). The van der Waals surface area contributed by atoms with Crippen molar-refractivity contribution >= 4 is 50.0 Å². The normalized spacial score (nSPS) is 11.5. The molecule has 4 rings (SSSR count). The molecule has 2 heterocycles. The Hall–Kier alpha value is -3.11. The average molecular weight is 441 g/mol. The highest BCUT2D eigenvalue weighted by molar-refractivity contribution is 7.99. The van der Waals surface area contributed by atoms with Crippen LogP contribution in [0.3, 0.4) is 0 Å². The third kappa shape index (κ3) is 4.71. The van der Waals surface area contributed by atoms with Gasteiger partial charge in [0.1, 0.15) is 11.6 Å². The number of hydrogen-bond acceptors (Lipinski definition) is 7. The largest absolute Gasteiger partial charge is 0.325 e. The van der Waals surface area contributed by atoms with Crippen LogP contribution in [-0.4, -0.2) is 34.3 Å². The summed E-state index contributed by atoms with van der Waals surface area (Å²) in [6, 6.07) is 16.8. The van der Waals surface area contributed by atoms with Crippen LogP contribution in [0.4, 0.5) is 17.3 Å². The number of H-pyrrole nitrogens is 1. The zero-order chi connectivity index (χ0) is 21.1. The molecule has 0 unspecified atom stereocenters. The van der Waals surface area contributed by atoms with Gasteiger partial charge in [0, 0.05) is 22.0 Å². The molecule has 2 aromatic heterocycles. The maximum atomic E-state index is 11.7. The summed E-state index contributed by atoms with van der Waals surface area (Å²) in [6.07, 6.45) is 0. The lowest BCUT2D eigenvalue weighted by molar-refractivity contribution is 0.602. The highest BCUT2D eigenvalue weighted by atomic mass is 32.2. The van der Waals surface area contributed by atoms with Gasteiger partial charge in [0.2, 0.25) is 10.0 Å². The summed E-state index contributed by atoms with van der Waals surface area (Å²) in [4.78, 5) is 10.2. The Morgan fingerprint density at radius 2 is 1.83 bits per heavy atom. The summed E-state index contributed by atoms with van der Waals surface area (Å²) >= 11 is 1.40. The van der Waals surface area contributed by atoms with Crippen molar-refractivity contribution in [2.24, 2.45) is 0 Å². The van der Waals surface area contributed by atoms with Gasteiger partial charge in [-0.3, -0.25) is 9.82 Å². The number of nitrogens with one attached hydrogen (secondary N) is 3. The summed E-state index contributed by atoms with van der Waals surface area (Å²) in [5.41, 5.74) is 2.22. The first-order chi connectivity index (χ1) is 14.4. The second kappa shape index (κ2) is 8.33. The Morgan fingerprint density at radius 1 is 1.07 bits per heavy atom. The number of rotatable bonds is 7. The van der Waals surface area contributed by atoms with Crippen molar-refractivity contribution in [2.75, 3.05) is 15.8 Å². The molecule has 0 radical (unpaired) electrons. The van der Waals surface area contributed by atoms with Gasteiger partial charge in [-0.15, -0.1) is 0 Å². The minimum Gasteiger partial charge on any atom is -0.325 e. The number of fused-ring (bicyclic) bond motifs is 1. The highest BCUT2D eigenvalue weighted by Crippen LogP contribution is 2.31. The van der Waals surface area contributed by atoms with Crippen molar-refractivity contribution in [1.82, 2.24) is 20.2 Å². The van der Waals surface area contributed by atoms with Crippen LogP contribution in [0.15, 0.2) is 64.6 Å². The molecule has 0 amide bonds. The number of aryl methyl sites for hydroxylation is 1. The minimum absolute atomic E-state index is 0.0278. The molecule has 8 nitrogen and oxygen atoms in total. The number of benzene rings is 2. The van der Waals surface area contributed by atoms with Gasteiger partial charge in [-0.1, -0.05) is 12.1 Å². The maximum absolute atomic E-state index is 11.7. The zero-order valence-corrected chi connectivity index (χ0v) is 18.0. The van der Waals surface area contributed by atoms with Crippen molar-refractivity contribution in [1.29, 1.82) is 0 Å². The van der Waals surface area contributed by atoms with Crippen LogP contribution in [0.5, 0.6) is 0 Å². The van der Waals surface area contributed by atoms with Crippen LogP contribution in [0.2, 0.25) is 0 Å². The number of nitrogens with zero attached hydrogens (tertiary/aromatic N) is 3. The van der Waals surface area contributed by atoms with Crippen molar-refractivity contribution in [3.8, 4) is 0 Å². The van der Waals surface area contributed by atoms with E-state index in [1.165, 1.54) is 11.8 Å². The summed E-state index contributed by atoms with van der Waals surface area (Å²) in [6.45, 7) is 3.51. The van der Waals surface area contributed by atoms with Gasteiger partial charge in [0.15, 0.2) is 5.16 Å². The molecule has 0 saturated heterocycles. The molecule has 2 aromatic carbocycles. The smallest absolute Gasteiger partial charge is 0.232 e. The maximum Gasteiger partial charge on any atom is 0.232 e. The third-order valence-electron chi connectivity index (χ3n) is 4.26. The molecule has 4 aromatic rings. The number of sulfonamides is 1. The van der Waals surface area contributed by atoms with E-state index in [1.807, 2.05) is 49.4 Å². The van der Waals surface area contributed by atoms with Gasteiger partial charge in [0.05, 0.1) is 17.0 Å². The topological polar surface area (TPSA) is 113 Å². The van der Waals surface area contributed by atoms with Crippen molar-refractivity contribution in [3.63, 3.8) is 0 Å². The molecule has 0 aliphatic rings. The van der Waals surface area contributed by atoms with Gasteiger partial charge in [-0.05, 0) is 62.0 Å². The average Bonchev–Trinajstić information content (AvgIpc) is 3.14. The second-order valence-corrected chi connectivity index (χ2v) is 9.60. The number of aromatic amines is 1. The molecule has 0 atom stereocenters. The predicted octanol–water partition coefficient (Wildman–Crippen LogP) is 4.32. The van der Waals surface area contributed by atoms with Crippen LogP contribution >= 0.6 is 11.8 Å². The van der Waals surface area contributed by atoms with Crippen LogP contribution in [0.1, 0.15) is 12.6 Å². The van der Waals surface area contributed by atoms with E-state index in [-0.39, 0.29) is 5.75 Å². The summed E-state index contributed by atoms with van der Waals surface area (Å²) in [5, 5.41) is 11.8. The van der Waals surface area contributed by atoms with Gasteiger partial charge in [-0.2, -0.15) is 5.10 Å². The molecular weight excluding hydrogens is 420 g/mol. The summed E-state index contributed by atoms with van der Waals surface area (Å²) in [5.74, 6) is 1.46. The summed E-state index contributed by atoms with van der Waals surface area (Å²) in [7, 11) is -3.30. The van der Waals surface area contributed by atoms with E-state index in [0.29, 0.717) is 16.7 Å². The molecule has 0 spiro atoms. The lowest BCUT2D eigenvalue weighted by Crippen LogP contribution is -2.14. The SMILES string of the molecule is CCS(=O)(=O)Nc1ccc(Sc2nc(Nc3cc(C)n[nH]3)c3ccccc3n2)cc1. The summed E-state index contributed by atoms with van der Waals surface area (Å²) < 4.78 is 25.9. The zero-order valence-electron chi connectivity index (χ0n) is 16.4. The first-order valence-electron chi connectivity index (χ1n) is 9.26. The molecule has 0 saturated carbocycles. The number of anilines is 3. The van der Waals surface area contributed by atoms with E-state index in [1.54, 1.807) is 19.1 Å². The fourth-order valence-electron chi connectivity index (χ4n) is 2.76. The fourth-order valence-corrected chi connectivity index (χ4v) is 4.16. The van der Waals surface area contributed by atoms with Gasteiger partial charge in [0.25, 0.3) is 0 Å². The monoisotopic (exact) mass is 440 g/mol. The van der Waals surface area contributed by atoms with Crippen molar-refractivity contribution in [3.05, 3.63) is 60.3 Å². The Labute approximate surface area is 178 Å². The first kappa shape index (κ1) is 20.2. The van der Waals surface area contributed by atoms with E-state index >= 15 is 0 Å². The second-order valence-electron chi connectivity index (χ2n) is 6.55. The van der Waals surface area contributed by atoms with Gasteiger partial charge in [-0.25, -0.2) is 18.4 Å². The fraction of sp³-hybridized carbons (Fsp3) is 0.150. The Morgan fingerprint density at radius 3 is 2.53 bits per heavy atom. The Bertz CT molecular complexity index is 1290. The number of para-hydroxylation sites is 1. The number of hydrogen-bond donors (Lipinski definition) is 3. The van der Waals surface area contributed by atoms with E-state index in [4.69, 9.17) is 0 Å². The molecule has 0 fully saturated rings. The first-order valence-corrected chi connectivity index (χ1v) is 11.7. The van der Waals surface area contributed by atoms with Gasteiger partial charge < -0.3 is 5.32 Å². The molecule has 0 aliphatic heterocycles. The lowest BCUT2D eigenvalue weighted by Gasteiger charge is -2.10. The van der Waals surface area contributed by atoms with Crippen molar-refractivity contribution in [2.45, 2.75) is 23.9 Å². The van der Waals surface area contributed by atoms with E-state index in [0.717, 1.165) is 27.3 Å². The quantitative estimate of drug-likeness (QED) is 0.367. The molecule has 154 valence electrons. The van der Waals surface area contributed by atoms with E-state index in [2.05, 4.69) is 30.2 Å². The lowest BCUT2D eigenvalue weighted by atomic mass is 10.2. The van der Waals surface area contributed by atoms with Crippen LogP contribution in [-0.2, 0) is 10.0 Å². The van der Waals surface area contributed by atoms with Crippen LogP contribution < -0.4 is 10.0 Å². The van der Waals surface area contributed by atoms with Gasteiger partial charge >= 0.3 is 0 Å². The minimum atomic E-state index is -3.30. The number of aromatic nitrogens is 4. The highest BCUT2D eigenvalue weighted by Gasteiger charge is 2.11. The predicted molar refractivity (Wildman–Crippen MR) is 120 cm³/mol. The van der Waals surface area contributed by atoms with E-state index < -0.39 is 10.0 Å². The molecule has 30 heavy (non-hydrogen) atoms. The molecule has 0 bridgehead atoms. The third-order valence-corrected chi connectivity index (χ3v) is 6.44. The van der Waals surface area contributed by atoms with Crippen LogP contribution in [0, 0.1) is 6.92 Å². The molecule has 0 aliphatic carbocycles. The Balaban J connectivity index is 1.61.